The fourth-order valence-electron chi connectivity index (χ4n) is 4.41. The average Bonchev–Trinajstić information content (AvgIpc) is 3.53. The third-order valence-corrected chi connectivity index (χ3v) is 6.67. The van der Waals surface area contributed by atoms with Gasteiger partial charge in [-0.1, -0.05) is 32.6 Å². The van der Waals surface area contributed by atoms with E-state index in [0.29, 0.717) is 25.4 Å². The Morgan fingerprint density at radius 2 is 1.94 bits per heavy atom. The minimum absolute atomic E-state index is 0.0422. The van der Waals surface area contributed by atoms with Gasteiger partial charge in [0.15, 0.2) is 0 Å². The summed E-state index contributed by atoms with van der Waals surface area (Å²) in [5.41, 5.74) is 1.04. The molecule has 6 heteroatoms. The number of hydrogen-bond donors (Lipinski definition) is 0. The van der Waals surface area contributed by atoms with E-state index in [-0.39, 0.29) is 24.4 Å². The Balaban J connectivity index is 1.68. The SMILES string of the molecule is CCC(C)N(CC(=O)N(Cc1ccco1)Cc1cccn1C)C(=O)CCC1CCCC1. The van der Waals surface area contributed by atoms with Crippen LogP contribution in [0.1, 0.15) is 70.2 Å². The third-order valence-electron chi connectivity index (χ3n) is 6.67. The zero-order chi connectivity index (χ0) is 22.2. The molecule has 2 aromatic heterocycles. The average molecular weight is 428 g/mol. The molecule has 1 fully saturated rings. The molecule has 1 unspecified atom stereocenters. The highest BCUT2D eigenvalue weighted by atomic mass is 16.3. The van der Waals surface area contributed by atoms with Crippen molar-refractivity contribution in [1.29, 1.82) is 0 Å². The summed E-state index contributed by atoms with van der Waals surface area (Å²) in [6.07, 6.45) is 11.0. The Labute approximate surface area is 186 Å². The van der Waals surface area contributed by atoms with Crippen LogP contribution >= 0.6 is 0 Å². The highest BCUT2D eigenvalue weighted by Crippen LogP contribution is 2.29. The van der Waals surface area contributed by atoms with Gasteiger partial charge in [0, 0.05) is 31.4 Å². The fourth-order valence-corrected chi connectivity index (χ4v) is 4.41. The molecule has 2 heterocycles. The second kappa shape index (κ2) is 11.2. The molecule has 0 N–H and O–H groups in total. The monoisotopic (exact) mass is 427 g/mol. The molecule has 0 bridgehead atoms. The number of amides is 2. The third kappa shape index (κ3) is 6.49. The van der Waals surface area contributed by atoms with Crippen LogP contribution in [0, 0.1) is 5.92 Å². The molecule has 1 atom stereocenters. The summed E-state index contributed by atoms with van der Waals surface area (Å²) >= 11 is 0. The Morgan fingerprint density at radius 1 is 1.16 bits per heavy atom. The van der Waals surface area contributed by atoms with Crippen molar-refractivity contribution in [1.82, 2.24) is 14.4 Å². The zero-order valence-corrected chi connectivity index (χ0v) is 19.3. The number of nitrogens with zero attached hydrogens (tertiary/aromatic N) is 3. The molecule has 31 heavy (non-hydrogen) atoms. The maximum absolute atomic E-state index is 13.4. The lowest BCUT2D eigenvalue weighted by molar-refractivity contribution is -0.143. The molecule has 170 valence electrons. The molecular weight excluding hydrogens is 390 g/mol. The summed E-state index contributed by atoms with van der Waals surface area (Å²) in [7, 11) is 1.98. The van der Waals surface area contributed by atoms with Crippen LogP contribution in [-0.4, -0.2) is 38.8 Å². The van der Waals surface area contributed by atoms with E-state index in [0.717, 1.165) is 24.3 Å². The molecular formula is C25H37N3O3. The van der Waals surface area contributed by atoms with Crippen LogP contribution in [0.5, 0.6) is 0 Å². The zero-order valence-electron chi connectivity index (χ0n) is 19.3. The normalized spacial score (nSPS) is 15.2. The summed E-state index contributed by atoms with van der Waals surface area (Å²) in [5, 5.41) is 0. The molecule has 2 aromatic rings. The fraction of sp³-hybridized carbons (Fsp3) is 0.600. The van der Waals surface area contributed by atoms with Gasteiger partial charge < -0.3 is 18.8 Å². The number of aryl methyl sites for hydroxylation is 1. The lowest BCUT2D eigenvalue weighted by Gasteiger charge is -2.31. The van der Waals surface area contributed by atoms with Crippen LogP contribution in [0.4, 0.5) is 0 Å². The first-order valence-corrected chi connectivity index (χ1v) is 11.7. The van der Waals surface area contributed by atoms with Crippen molar-refractivity contribution in [2.24, 2.45) is 13.0 Å². The number of hydrogen-bond acceptors (Lipinski definition) is 3. The van der Waals surface area contributed by atoms with Gasteiger partial charge in [0.2, 0.25) is 11.8 Å². The Kier molecular flexibility index (Phi) is 8.38. The molecule has 2 amide bonds. The van der Waals surface area contributed by atoms with Gasteiger partial charge in [-0.05, 0) is 49.9 Å². The minimum Gasteiger partial charge on any atom is -0.467 e. The topological polar surface area (TPSA) is 58.7 Å². The van der Waals surface area contributed by atoms with E-state index in [2.05, 4.69) is 6.92 Å². The Bertz CT molecular complexity index is 821. The smallest absolute Gasteiger partial charge is 0.242 e. The minimum atomic E-state index is -0.0490. The number of carbonyl (C=O) groups excluding carboxylic acids is 2. The van der Waals surface area contributed by atoms with E-state index >= 15 is 0 Å². The molecule has 6 nitrogen and oxygen atoms in total. The van der Waals surface area contributed by atoms with Gasteiger partial charge in [-0.2, -0.15) is 0 Å². The van der Waals surface area contributed by atoms with Gasteiger partial charge in [-0.3, -0.25) is 9.59 Å². The van der Waals surface area contributed by atoms with E-state index in [1.807, 2.05) is 49.0 Å². The molecule has 0 aliphatic heterocycles. The summed E-state index contributed by atoms with van der Waals surface area (Å²) in [5.74, 6) is 1.47. The van der Waals surface area contributed by atoms with Crippen LogP contribution < -0.4 is 0 Å². The molecule has 0 aromatic carbocycles. The van der Waals surface area contributed by atoms with Gasteiger partial charge in [0.1, 0.15) is 12.3 Å². The molecule has 0 saturated heterocycles. The van der Waals surface area contributed by atoms with E-state index in [1.54, 1.807) is 16.1 Å². The van der Waals surface area contributed by atoms with Gasteiger partial charge in [0.25, 0.3) is 0 Å². The number of carbonyl (C=O) groups is 2. The second-order valence-electron chi connectivity index (χ2n) is 8.91. The summed E-state index contributed by atoms with van der Waals surface area (Å²) in [6.45, 7) is 5.09. The van der Waals surface area contributed by atoms with Crippen molar-refractivity contribution in [2.75, 3.05) is 6.54 Å². The molecule has 1 aliphatic carbocycles. The maximum atomic E-state index is 13.4. The standard InChI is InChI=1S/C25H37N3O3/c1-4-20(2)28(24(29)14-13-21-9-5-6-10-21)19-25(30)27(18-23-12-8-16-31-23)17-22-11-7-15-26(22)3/h7-8,11-12,15-16,20-21H,4-6,9-10,13-14,17-19H2,1-3H3. The lowest BCUT2D eigenvalue weighted by atomic mass is 10.0. The van der Waals surface area contributed by atoms with Crippen molar-refractivity contribution in [3.8, 4) is 0 Å². The van der Waals surface area contributed by atoms with Gasteiger partial charge in [-0.25, -0.2) is 0 Å². The number of rotatable bonds is 11. The van der Waals surface area contributed by atoms with E-state index < -0.39 is 0 Å². The molecule has 0 spiro atoms. The predicted octanol–water partition coefficient (Wildman–Crippen LogP) is 4.74. The van der Waals surface area contributed by atoms with Crippen molar-refractivity contribution in [2.45, 2.75) is 77.9 Å². The Morgan fingerprint density at radius 3 is 2.55 bits per heavy atom. The molecule has 3 rings (SSSR count). The molecule has 0 radical (unpaired) electrons. The van der Waals surface area contributed by atoms with Crippen molar-refractivity contribution < 1.29 is 14.0 Å². The Hall–Kier alpha value is -2.50. The van der Waals surface area contributed by atoms with Gasteiger partial charge >= 0.3 is 0 Å². The van der Waals surface area contributed by atoms with Crippen LogP contribution in [-0.2, 0) is 29.7 Å². The highest BCUT2D eigenvalue weighted by molar-refractivity contribution is 5.85. The van der Waals surface area contributed by atoms with Crippen LogP contribution in [0.25, 0.3) is 0 Å². The van der Waals surface area contributed by atoms with Crippen molar-refractivity contribution in [3.05, 3.63) is 48.2 Å². The number of furan rings is 1. The van der Waals surface area contributed by atoms with Crippen LogP contribution in [0.15, 0.2) is 41.1 Å². The summed E-state index contributed by atoms with van der Waals surface area (Å²) in [6, 6.07) is 7.74. The molecule has 1 saturated carbocycles. The van der Waals surface area contributed by atoms with E-state index in [4.69, 9.17) is 4.42 Å². The van der Waals surface area contributed by atoms with Crippen LogP contribution in [0.2, 0.25) is 0 Å². The van der Waals surface area contributed by atoms with E-state index in [9.17, 15) is 9.59 Å². The summed E-state index contributed by atoms with van der Waals surface area (Å²) < 4.78 is 7.51. The predicted molar refractivity (Wildman–Crippen MR) is 121 cm³/mol. The first-order valence-electron chi connectivity index (χ1n) is 11.7. The van der Waals surface area contributed by atoms with Crippen LogP contribution in [0.3, 0.4) is 0 Å². The van der Waals surface area contributed by atoms with Gasteiger partial charge in [-0.15, -0.1) is 0 Å². The quantitative estimate of drug-likeness (QED) is 0.520. The second-order valence-corrected chi connectivity index (χ2v) is 8.91. The number of aromatic nitrogens is 1. The lowest BCUT2D eigenvalue weighted by Crippen LogP contribution is -2.46. The first-order chi connectivity index (χ1) is 15.0. The van der Waals surface area contributed by atoms with Crippen molar-refractivity contribution in [3.63, 3.8) is 0 Å². The maximum Gasteiger partial charge on any atom is 0.242 e. The van der Waals surface area contributed by atoms with Gasteiger partial charge in [0.05, 0.1) is 19.4 Å². The highest BCUT2D eigenvalue weighted by Gasteiger charge is 2.26. The van der Waals surface area contributed by atoms with E-state index in [1.165, 1.54) is 25.7 Å². The summed E-state index contributed by atoms with van der Waals surface area (Å²) in [4.78, 5) is 30.0. The largest absolute Gasteiger partial charge is 0.467 e. The first kappa shape index (κ1) is 23.2. The molecule has 1 aliphatic rings. The van der Waals surface area contributed by atoms with Crippen molar-refractivity contribution >= 4 is 11.8 Å².